The number of hydrogen-bond acceptors (Lipinski definition) is 4. The van der Waals surface area contributed by atoms with Crippen LogP contribution in [0.15, 0.2) is 22.7 Å². The molecule has 0 atom stereocenters. The Morgan fingerprint density at radius 1 is 1.50 bits per heavy atom. The number of carbonyl (C=O) groups is 1. The van der Waals surface area contributed by atoms with Gasteiger partial charge in [-0.25, -0.2) is 0 Å². The minimum absolute atomic E-state index is 0.0191. The Labute approximate surface area is 127 Å². The van der Waals surface area contributed by atoms with Crippen LogP contribution in [-0.4, -0.2) is 43.6 Å². The van der Waals surface area contributed by atoms with Crippen molar-refractivity contribution in [1.29, 1.82) is 0 Å². The molecule has 0 aliphatic carbocycles. The number of benzene rings is 1. The van der Waals surface area contributed by atoms with Gasteiger partial charge in [0.25, 0.3) is 0 Å². The van der Waals surface area contributed by atoms with E-state index in [1.807, 2.05) is 12.1 Å². The molecule has 2 rings (SSSR count). The van der Waals surface area contributed by atoms with Crippen LogP contribution in [0.3, 0.4) is 0 Å². The number of amides is 1. The number of likely N-dealkylation sites (tertiary alicyclic amines) is 1. The van der Waals surface area contributed by atoms with Crippen molar-refractivity contribution in [2.45, 2.75) is 18.9 Å². The average molecular weight is 342 g/mol. The van der Waals surface area contributed by atoms with E-state index in [1.54, 1.807) is 13.2 Å². The van der Waals surface area contributed by atoms with Gasteiger partial charge >= 0.3 is 0 Å². The predicted molar refractivity (Wildman–Crippen MR) is 83.0 cm³/mol. The van der Waals surface area contributed by atoms with Crippen LogP contribution in [0.4, 0.5) is 5.69 Å². The Balaban J connectivity index is 1.91. The summed E-state index contributed by atoms with van der Waals surface area (Å²) in [5, 5.41) is 2.90. The highest BCUT2D eigenvalue weighted by Gasteiger charge is 2.18. The van der Waals surface area contributed by atoms with Crippen molar-refractivity contribution in [2.75, 3.05) is 32.1 Å². The van der Waals surface area contributed by atoms with Gasteiger partial charge in [0.1, 0.15) is 5.75 Å². The average Bonchev–Trinajstić information content (AvgIpc) is 2.44. The lowest BCUT2D eigenvalue weighted by Gasteiger charge is -2.29. The molecule has 1 aliphatic heterocycles. The highest BCUT2D eigenvalue weighted by Crippen LogP contribution is 2.27. The molecule has 6 heteroatoms. The number of nitrogens with zero attached hydrogens (tertiary/aromatic N) is 1. The molecule has 3 N–H and O–H groups in total. The highest BCUT2D eigenvalue weighted by molar-refractivity contribution is 9.10. The second-order valence-electron chi connectivity index (χ2n) is 5.01. The predicted octanol–water partition coefficient (Wildman–Crippen LogP) is 1.82. The molecule has 1 fully saturated rings. The number of rotatable bonds is 4. The Bertz CT molecular complexity index is 473. The van der Waals surface area contributed by atoms with Gasteiger partial charge in [-0.1, -0.05) is 0 Å². The molecule has 5 nitrogen and oxygen atoms in total. The van der Waals surface area contributed by atoms with Gasteiger partial charge in [-0.05, 0) is 40.9 Å². The molecule has 1 aromatic rings. The van der Waals surface area contributed by atoms with E-state index in [-0.39, 0.29) is 11.9 Å². The number of nitrogens with two attached hydrogens (primary N) is 1. The zero-order valence-electron chi connectivity index (χ0n) is 11.6. The number of methoxy groups -OCH3 is 1. The Morgan fingerprint density at radius 2 is 2.20 bits per heavy atom. The molecule has 20 heavy (non-hydrogen) atoms. The fourth-order valence-electron chi connectivity index (χ4n) is 2.23. The lowest BCUT2D eigenvalue weighted by molar-refractivity contribution is -0.117. The van der Waals surface area contributed by atoms with Gasteiger partial charge in [0.15, 0.2) is 0 Å². The Kier molecular flexibility index (Phi) is 5.39. The Morgan fingerprint density at radius 3 is 2.85 bits per heavy atom. The molecular weight excluding hydrogens is 322 g/mol. The molecule has 0 saturated carbocycles. The molecule has 1 amide bonds. The number of anilines is 1. The zero-order valence-corrected chi connectivity index (χ0v) is 13.1. The number of halogens is 1. The first-order valence-electron chi connectivity index (χ1n) is 6.70. The zero-order chi connectivity index (χ0) is 14.5. The molecule has 0 unspecified atom stereocenters. The summed E-state index contributed by atoms with van der Waals surface area (Å²) in [4.78, 5) is 14.2. The van der Waals surface area contributed by atoms with Crippen LogP contribution in [0.25, 0.3) is 0 Å². The van der Waals surface area contributed by atoms with Crippen LogP contribution >= 0.6 is 15.9 Å². The summed E-state index contributed by atoms with van der Waals surface area (Å²) >= 11 is 3.42. The summed E-state index contributed by atoms with van der Waals surface area (Å²) < 4.78 is 6.00. The highest BCUT2D eigenvalue weighted by atomic mass is 79.9. The molecule has 0 aromatic heterocycles. The lowest BCUT2D eigenvalue weighted by atomic mass is 10.1. The SMILES string of the molecule is COc1ccc(Br)c(NC(=O)CN2CCC(N)CC2)c1. The first-order valence-corrected chi connectivity index (χ1v) is 7.49. The van der Waals surface area contributed by atoms with E-state index in [0.29, 0.717) is 12.3 Å². The van der Waals surface area contributed by atoms with E-state index >= 15 is 0 Å². The first kappa shape index (κ1) is 15.3. The van der Waals surface area contributed by atoms with E-state index in [2.05, 4.69) is 26.1 Å². The van der Waals surface area contributed by atoms with E-state index in [4.69, 9.17) is 10.5 Å². The van der Waals surface area contributed by atoms with Gasteiger partial charge in [0.05, 0.1) is 19.3 Å². The minimum atomic E-state index is -0.0191. The van der Waals surface area contributed by atoms with Crippen molar-refractivity contribution < 1.29 is 9.53 Å². The van der Waals surface area contributed by atoms with E-state index in [1.165, 1.54) is 0 Å². The van der Waals surface area contributed by atoms with Crippen molar-refractivity contribution in [3.05, 3.63) is 22.7 Å². The second-order valence-corrected chi connectivity index (χ2v) is 5.86. The molecule has 1 heterocycles. The van der Waals surface area contributed by atoms with Crippen LogP contribution in [0.2, 0.25) is 0 Å². The van der Waals surface area contributed by atoms with Gasteiger partial charge in [-0.15, -0.1) is 0 Å². The largest absolute Gasteiger partial charge is 0.497 e. The third-order valence-electron chi connectivity index (χ3n) is 3.45. The maximum absolute atomic E-state index is 12.1. The number of ether oxygens (including phenoxy) is 1. The molecule has 0 bridgehead atoms. The van der Waals surface area contributed by atoms with Crippen LogP contribution in [0.5, 0.6) is 5.75 Å². The van der Waals surface area contributed by atoms with Gasteiger partial charge in [0.2, 0.25) is 5.91 Å². The summed E-state index contributed by atoms with van der Waals surface area (Å²) in [6.07, 6.45) is 1.91. The van der Waals surface area contributed by atoms with Gasteiger partial charge in [-0.2, -0.15) is 0 Å². The van der Waals surface area contributed by atoms with Gasteiger partial charge < -0.3 is 15.8 Å². The molecular formula is C14H20BrN3O2. The van der Waals surface area contributed by atoms with Crippen molar-refractivity contribution in [3.63, 3.8) is 0 Å². The monoisotopic (exact) mass is 341 g/mol. The third-order valence-corrected chi connectivity index (χ3v) is 4.14. The van der Waals surface area contributed by atoms with Crippen LogP contribution in [0.1, 0.15) is 12.8 Å². The normalized spacial score (nSPS) is 16.9. The number of carbonyl (C=O) groups excluding carboxylic acids is 1. The summed E-state index contributed by atoms with van der Waals surface area (Å²) in [7, 11) is 1.60. The summed E-state index contributed by atoms with van der Waals surface area (Å²) in [6, 6.07) is 5.77. The van der Waals surface area contributed by atoms with Crippen LogP contribution in [-0.2, 0) is 4.79 Å². The maximum Gasteiger partial charge on any atom is 0.238 e. The van der Waals surface area contributed by atoms with E-state index in [0.717, 1.165) is 36.1 Å². The molecule has 1 aliphatic rings. The van der Waals surface area contributed by atoms with Gasteiger partial charge in [0, 0.05) is 29.7 Å². The summed E-state index contributed by atoms with van der Waals surface area (Å²) in [5.41, 5.74) is 6.58. The smallest absolute Gasteiger partial charge is 0.238 e. The number of hydrogen-bond donors (Lipinski definition) is 2. The van der Waals surface area contributed by atoms with Crippen molar-refractivity contribution in [2.24, 2.45) is 5.73 Å². The number of piperidine rings is 1. The molecule has 1 aromatic carbocycles. The number of nitrogens with one attached hydrogen (secondary N) is 1. The maximum atomic E-state index is 12.1. The molecule has 1 saturated heterocycles. The molecule has 0 spiro atoms. The summed E-state index contributed by atoms with van der Waals surface area (Å²) in [6.45, 7) is 2.16. The molecule has 110 valence electrons. The lowest BCUT2D eigenvalue weighted by Crippen LogP contribution is -2.43. The van der Waals surface area contributed by atoms with Gasteiger partial charge in [-0.3, -0.25) is 9.69 Å². The standard InChI is InChI=1S/C14H20BrN3O2/c1-20-11-2-3-12(15)13(8-11)17-14(19)9-18-6-4-10(16)5-7-18/h2-3,8,10H,4-7,9,16H2,1H3,(H,17,19). The first-order chi connectivity index (χ1) is 9.58. The molecule has 0 radical (unpaired) electrons. The van der Waals surface area contributed by atoms with Crippen molar-refractivity contribution in [3.8, 4) is 5.75 Å². The minimum Gasteiger partial charge on any atom is -0.497 e. The summed E-state index contributed by atoms with van der Waals surface area (Å²) in [5.74, 6) is 0.696. The van der Waals surface area contributed by atoms with Crippen LogP contribution in [0, 0.1) is 0 Å². The van der Waals surface area contributed by atoms with Crippen molar-refractivity contribution in [1.82, 2.24) is 4.90 Å². The second kappa shape index (κ2) is 7.06. The van der Waals surface area contributed by atoms with Crippen LogP contribution < -0.4 is 15.8 Å². The van der Waals surface area contributed by atoms with Crippen molar-refractivity contribution >= 4 is 27.5 Å². The fourth-order valence-corrected chi connectivity index (χ4v) is 2.58. The fraction of sp³-hybridized carbons (Fsp3) is 0.500. The van der Waals surface area contributed by atoms with E-state index < -0.39 is 0 Å². The quantitative estimate of drug-likeness (QED) is 0.876. The van der Waals surface area contributed by atoms with E-state index in [9.17, 15) is 4.79 Å². The third kappa shape index (κ3) is 4.19. The topological polar surface area (TPSA) is 67.6 Å². The Hall–Kier alpha value is -1.11.